The maximum Gasteiger partial charge on any atom is 0.246 e. The molecule has 0 saturated carbocycles. The topological polar surface area (TPSA) is 125 Å². The van der Waals surface area contributed by atoms with Gasteiger partial charge in [0.2, 0.25) is 17.6 Å². The number of rotatable bonds is 15. The van der Waals surface area contributed by atoms with E-state index in [1.165, 1.54) is 0 Å². The van der Waals surface area contributed by atoms with Gasteiger partial charge >= 0.3 is 0 Å². The zero-order chi connectivity index (χ0) is 35.9. The molecule has 2 fully saturated rings. The highest BCUT2D eigenvalue weighted by molar-refractivity contribution is 5.88. The summed E-state index contributed by atoms with van der Waals surface area (Å²) in [4.78, 5) is 34.2. The number of hydrogen-bond donors (Lipinski definition) is 0. The largest absolute Gasteiger partial charge is 0.496 e. The average Bonchev–Trinajstić information content (AvgIpc) is 3.15. The van der Waals surface area contributed by atoms with Crippen LogP contribution in [0.15, 0.2) is 60.7 Å². The molecule has 0 aromatic heterocycles. The Morgan fingerprint density at radius 2 is 0.925 bits per heavy atom. The van der Waals surface area contributed by atoms with Crippen molar-refractivity contribution < 1.29 is 38.7 Å². The Balaban J connectivity index is 0.00000468. The molecule has 2 amide bonds. The highest BCUT2D eigenvalue weighted by atomic mass is 35.5. The third kappa shape index (κ3) is 13.6. The second kappa shape index (κ2) is 24.2. The van der Waals surface area contributed by atoms with E-state index in [2.05, 4.69) is 9.80 Å². The van der Waals surface area contributed by atoms with Crippen LogP contribution in [0.3, 0.4) is 0 Å². The van der Waals surface area contributed by atoms with Gasteiger partial charge in [0, 0.05) is 70.1 Å². The Labute approximate surface area is 326 Å². The van der Waals surface area contributed by atoms with Gasteiger partial charge in [-0.3, -0.25) is 19.4 Å². The van der Waals surface area contributed by atoms with Gasteiger partial charge in [0.25, 0.3) is 0 Å². The smallest absolute Gasteiger partial charge is 0.246 e. The van der Waals surface area contributed by atoms with Crippen molar-refractivity contribution in [3.8, 4) is 28.7 Å². The third-order valence-corrected chi connectivity index (χ3v) is 9.06. The standard InChI is InChI=1S/C39H52N4O7.2ClH.H2O/c1-30-33(46-2)26-31(27-34(30)47-3)12-7-9-14-37(44)42-22-18-40(19-23-42)16-11-17-41-20-24-43(25-21-41)38(45)15-10-8-13-32-28-35(48-4)39(50-6)36(29-32)49-5;;;/h7-10,12-15,26-29H,11,16-25H2,1-6H3;2*1H;1H2/b12-7+,13-8+,14-9+,15-10+;;;. The van der Waals surface area contributed by atoms with Gasteiger partial charge in [0.15, 0.2) is 11.5 Å². The van der Waals surface area contributed by atoms with Crippen LogP contribution in [0.5, 0.6) is 28.7 Å². The van der Waals surface area contributed by atoms with Crippen molar-refractivity contribution in [2.45, 2.75) is 13.3 Å². The first-order chi connectivity index (χ1) is 24.3. The van der Waals surface area contributed by atoms with Crippen LogP contribution in [0, 0.1) is 6.92 Å². The van der Waals surface area contributed by atoms with Crippen LogP contribution in [0.25, 0.3) is 12.2 Å². The molecular formula is C39H56Cl2N4O8. The molecule has 4 rings (SSSR count). The van der Waals surface area contributed by atoms with Crippen molar-refractivity contribution in [1.29, 1.82) is 0 Å². The number of carbonyl (C=O) groups is 2. The van der Waals surface area contributed by atoms with Gasteiger partial charge in [-0.15, -0.1) is 24.8 Å². The van der Waals surface area contributed by atoms with Crippen LogP contribution in [0.1, 0.15) is 23.1 Å². The Morgan fingerprint density at radius 1 is 0.566 bits per heavy atom. The van der Waals surface area contributed by atoms with Gasteiger partial charge in [-0.25, -0.2) is 0 Å². The molecule has 294 valence electrons. The summed E-state index contributed by atoms with van der Waals surface area (Å²) in [6.45, 7) is 10.3. The average molecular weight is 780 g/mol. The van der Waals surface area contributed by atoms with Crippen molar-refractivity contribution in [3.63, 3.8) is 0 Å². The molecule has 12 nitrogen and oxygen atoms in total. The molecule has 0 radical (unpaired) electrons. The minimum atomic E-state index is 0. The second-order valence-electron chi connectivity index (χ2n) is 12.1. The van der Waals surface area contributed by atoms with Crippen molar-refractivity contribution in [1.82, 2.24) is 19.6 Å². The van der Waals surface area contributed by atoms with E-state index in [-0.39, 0.29) is 42.1 Å². The van der Waals surface area contributed by atoms with Crippen molar-refractivity contribution in [3.05, 3.63) is 77.4 Å². The van der Waals surface area contributed by atoms with Gasteiger partial charge in [0.1, 0.15) is 11.5 Å². The summed E-state index contributed by atoms with van der Waals surface area (Å²) in [5.74, 6) is 3.28. The van der Waals surface area contributed by atoms with Crippen molar-refractivity contribution >= 4 is 48.8 Å². The second-order valence-corrected chi connectivity index (χ2v) is 12.1. The highest BCUT2D eigenvalue weighted by Gasteiger charge is 2.22. The van der Waals surface area contributed by atoms with E-state index in [9.17, 15) is 9.59 Å². The van der Waals surface area contributed by atoms with Crippen LogP contribution < -0.4 is 23.7 Å². The minimum absolute atomic E-state index is 0. The lowest BCUT2D eigenvalue weighted by atomic mass is 10.1. The van der Waals surface area contributed by atoms with E-state index in [0.717, 1.165) is 100 Å². The van der Waals surface area contributed by atoms with Crippen molar-refractivity contribution in [2.75, 3.05) is 101 Å². The van der Waals surface area contributed by atoms with E-state index < -0.39 is 0 Å². The molecule has 0 bridgehead atoms. The van der Waals surface area contributed by atoms with E-state index in [1.807, 2.05) is 65.3 Å². The predicted octanol–water partition coefficient (Wildman–Crippen LogP) is 4.57. The number of piperazine rings is 2. The van der Waals surface area contributed by atoms with Gasteiger partial charge < -0.3 is 39.0 Å². The van der Waals surface area contributed by atoms with Crippen molar-refractivity contribution in [2.24, 2.45) is 0 Å². The molecule has 2 aromatic carbocycles. The number of amides is 2. The number of nitrogens with zero attached hydrogens (tertiary/aromatic N) is 4. The lowest BCUT2D eigenvalue weighted by Crippen LogP contribution is -2.50. The fourth-order valence-corrected chi connectivity index (χ4v) is 6.12. The molecule has 14 heteroatoms. The molecular weight excluding hydrogens is 723 g/mol. The molecule has 2 saturated heterocycles. The normalized spacial score (nSPS) is 15.3. The first-order valence-electron chi connectivity index (χ1n) is 17.0. The zero-order valence-corrected chi connectivity index (χ0v) is 33.3. The Morgan fingerprint density at radius 3 is 1.26 bits per heavy atom. The molecule has 2 aliphatic heterocycles. The number of hydrogen-bond acceptors (Lipinski definition) is 9. The van der Waals surface area contributed by atoms with E-state index in [1.54, 1.807) is 59.9 Å². The van der Waals surface area contributed by atoms with Crippen LogP contribution in [0.4, 0.5) is 0 Å². The van der Waals surface area contributed by atoms with Crippen LogP contribution in [0.2, 0.25) is 0 Å². The maximum absolute atomic E-state index is 12.8. The monoisotopic (exact) mass is 778 g/mol. The first kappa shape index (κ1) is 46.8. The number of carbonyl (C=O) groups excluding carboxylic acids is 2. The molecule has 2 heterocycles. The Bertz CT molecular complexity index is 1520. The Kier molecular flexibility index (Phi) is 21.4. The fourth-order valence-electron chi connectivity index (χ4n) is 6.12. The van der Waals surface area contributed by atoms with E-state index in [4.69, 9.17) is 23.7 Å². The van der Waals surface area contributed by atoms with Gasteiger partial charge in [-0.05, 0) is 61.8 Å². The summed E-state index contributed by atoms with van der Waals surface area (Å²) < 4.78 is 27.1. The van der Waals surface area contributed by atoms with Gasteiger partial charge in [-0.1, -0.05) is 36.5 Å². The minimum Gasteiger partial charge on any atom is -0.496 e. The van der Waals surface area contributed by atoms with E-state index >= 15 is 0 Å². The molecule has 0 atom stereocenters. The summed E-state index contributed by atoms with van der Waals surface area (Å²) in [5.41, 5.74) is 2.77. The highest BCUT2D eigenvalue weighted by Crippen LogP contribution is 2.38. The first-order valence-corrected chi connectivity index (χ1v) is 17.0. The van der Waals surface area contributed by atoms with Gasteiger partial charge in [-0.2, -0.15) is 0 Å². The fraction of sp³-hybridized carbons (Fsp3) is 0.436. The molecule has 0 aliphatic carbocycles. The van der Waals surface area contributed by atoms with E-state index in [0.29, 0.717) is 17.2 Å². The molecule has 0 spiro atoms. The number of allylic oxidation sites excluding steroid dienone is 4. The molecule has 53 heavy (non-hydrogen) atoms. The number of ether oxygens (including phenoxy) is 5. The molecule has 2 aliphatic rings. The van der Waals surface area contributed by atoms with Crippen LogP contribution >= 0.6 is 24.8 Å². The van der Waals surface area contributed by atoms with Crippen LogP contribution in [-0.4, -0.2) is 138 Å². The summed E-state index contributed by atoms with van der Waals surface area (Å²) in [6.07, 6.45) is 15.4. The maximum atomic E-state index is 12.8. The Hall–Kier alpha value is -4.20. The lowest BCUT2D eigenvalue weighted by Gasteiger charge is -2.36. The lowest BCUT2D eigenvalue weighted by molar-refractivity contribution is -0.128. The number of benzene rings is 2. The SMILES string of the molecule is COc1cc(/C=C/C=C/C(=O)N2CCN(CCCN3CCN(C(=O)/C=C/C=C/c4cc(OC)c(OC)c(OC)c4)CC3)CC2)cc(OC)c1C.Cl.Cl.O. The predicted molar refractivity (Wildman–Crippen MR) is 215 cm³/mol. The third-order valence-electron chi connectivity index (χ3n) is 9.06. The summed E-state index contributed by atoms with van der Waals surface area (Å²) in [6, 6.07) is 7.61. The summed E-state index contributed by atoms with van der Waals surface area (Å²) in [7, 11) is 8.02. The quantitative estimate of drug-likeness (QED) is 0.189. The molecule has 2 N–H and O–H groups in total. The zero-order valence-electron chi connectivity index (χ0n) is 31.7. The molecule has 0 unspecified atom stereocenters. The number of methoxy groups -OCH3 is 5. The summed E-state index contributed by atoms with van der Waals surface area (Å²) >= 11 is 0. The summed E-state index contributed by atoms with van der Waals surface area (Å²) in [5, 5.41) is 0. The van der Waals surface area contributed by atoms with Gasteiger partial charge in [0.05, 0.1) is 35.5 Å². The number of halogens is 2. The molecule has 2 aromatic rings. The van der Waals surface area contributed by atoms with Crippen LogP contribution in [-0.2, 0) is 9.59 Å².